The second kappa shape index (κ2) is 5.96. The summed E-state index contributed by atoms with van der Waals surface area (Å²) in [7, 11) is -2.35. The van der Waals surface area contributed by atoms with Gasteiger partial charge in [0.15, 0.2) is 4.90 Å². The first-order chi connectivity index (χ1) is 9.86. The van der Waals surface area contributed by atoms with Crippen LogP contribution in [0.15, 0.2) is 23.1 Å². The molecule has 9 heteroatoms. The zero-order chi connectivity index (χ0) is 15.6. The number of aliphatic hydroxyl groups is 1. The van der Waals surface area contributed by atoms with E-state index in [4.69, 9.17) is 0 Å². The molecule has 0 bridgehead atoms. The van der Waals surface area contributed by atoms with E-state index in [0.717, 1.165) is 0 Å². The summed E-state index contributed by atoms with van der Waals surface area (Å²) < 4.78 is 26.4. The van der Waals surface area contributed by atoms with E-state index < -0.39 is 26.7 Å². The van der Waals surface area contributed by atoms with Gasteiger partial charge in [-0.25, -0.2) is 8.42 Å². The summed E-state index contributed by atoms with van der Waals surface area (Å²) in [5.74, 6) is 0. The molecule has 0 aliphatic carbocycles. The molecule has 0 spiro atoms. The Balaban J connectivity index is 2.45. The minimum absolute atomic E-state index is 0.157. The molecule has 1 saturated heterocycles. The van der Waals surface area contributed by atoms with Crippen LogP contribution in [0.5, 0.6) is 0 Å². The molecule has 1 aliphatic heterocycles. The molecule has 116 valence electrons. The van der Waals surface area contributed by atoms with Gasteiger partial charge in [0.2, 0.25) is 10.0 Å². The van der Waals surface area contributed by atoms with Gasteiger partial charge in [-0.1, -0.05) is 0 Å². The van der Waals surface area contributed by atoms with E-state index in [9.17, 15) is 23.6 Å². The highest BCUT2D eigenvalue weighted by atomic mass is 32.2. The van der Waals surface area contributed by atoms with Gasteiger partial charge in [0.25, 0.3) is 5.69 Å². The summed E-state index contributed by atoms with van der Waals surface area (Å²) in [6, 6.07) is 3.90. The van der Waals surface area contributed by atoms with Gasteiger partial charge in [-0.05, 0) is 25.0 Å². The summed E-state index contributed by atoms with van der Waals surface area (Å²) in [6.07, 6.45) is 0.146. The van der Waals surface area contributed by atoms with Crippen molar-refractivity contribution >= 4 is 21.4 Å². The first-order valence-electron chi connectivity index (χ1n) is 6.50. The molecule has 0 amide bonds. The van der Waals surface area contributed by atoms with Crippen LogP contribution in [0.1, 0.15) is 12.8 Å². The van der Waals surface area contributed by atoms with Gasteiger partial charge in [0, 0.05) is 31.9 Å². The molecule has 2 rings (SSSR count). The third-order valence-corrected chi connectivity index (χ3v) is 5.41. The molecule has 0 radical (unpaired) electrons. The summed E-state index contributed by atoms with van der Waals surface area (Å²) in [5.41, 5.74) is 0.0383. The van der Waals surface area contributed by atoms with Crippen molar-refractivity contribution in [3.8, 4) is 0 Å². The Morgan fingerprint density at radius 1 is 1.38 bits per heavy atom. The van der Waals surface area contributed by atoms with Crippen molar-refractivity contribution in [1.29, 1.82) is 0 Å². The Labute approximate surface area is 122 Å². The number of aliphatic hydroxyl groups excluding tert-OH is 1. The monoisotopic (exact) mass is 315 g/mol. The van der Waals surface area contributed by atoms with Crippen LogP contribution in [-0.4, -0.2) is 49.0 Å². The number of anilines is 1. The van der Waals surface area contributed by atoms with Gasteiger partial charge in [0.1, 0.15) is 0 Å². The Hall–Kier alpha value is -1.71. The zero-order valence-corrected chi connectivity index (χ0v) is 12.3. The average molecular weight is 315 g/mol. The van der Waals surface area contributed by atoms with Crippen LogP contribution in [-0.2, 0) is 10.0 Å². The highest BCUT2D eigenvalue weighted by molar-refractivity contribution is 7.89. The van der Waals surface area contributed by atoms with Crippen LogP contribution in [0.3, 0.4) is 0 Å². The Morgan fingerprint density at radius 2 is 2.00 bits per heavy atom. The van der Waals surface area contributed by atoms with Gasteiger partial charge in [0.05, 0.1) is 11.0 Å². The van der Waals surface area contributed by atoms with Gasteiger partial charge < -0.3 is 10.4 Å². The quantitative estimate of drug-likeness (QED) is 0.627. The van der Waals surface area contributed by atoms with E-state index >= 15 is 0 Å². The number of rotatable bonds is 4. The van der Waals surface area contributed by atoms with Crippen LogP contribution in [0.25, 0.3) is 0 Å². The Kier molecular flexibility index (Phi) is 4.45. The number of nitrogens with one attached hydrogen (secondary N) is 1. The number of nitrogens with zero attached hydrogens (tertiary/aromatic N) is 2. The van der Waals surface area contributed by atoms with Crippen molar-refractivity contribution in [3.63, 3.8) is 0 Å². The Bertz CT molecular complexity index is 638. The molecule has 21 heavy (non-hydrogen) atoms. The van der Waals surface area contributed by atoms with E-state index in [1.165, 1.54) is 22.5 Å². The molecule has 0 atom stereocenters. The molecule has 1 aromatic rings. The molecular weight excluding hydrogens is 298 g/mol. The van der Waals surface area contributed by atoms with Crippen molar-refractivity contribution in [2.45, 2.75) is 23.8 Å². The third-order valence-electron chi connectivity index (χ3n) is 3.49. The number of nitro benzene ring substituents is 1. The average Bonchev–Trinajstić information content (AvgIpc) is 2.47. The first-order valence-corrected chi connectivity index (χ1v) is 7.94. The normalized spacial score (nSPS) is 17.6. The van der Waals surface area contributed by atoms with Crippen LogP contribution in [0.4, 0.5) is 11.4 Å². The lowest BCUT2D eigenvalue weighted by Crippen LogP contribution is -2.40. The fraction of sp³-hybridized carbons (Fsp3) is 0.500. The summed E-state index contributed by atoms with van der Waals surface area (Å²) in [6.45, 7) is 0.314. The van der Waals surface area contributed by atoms with E-state index in [1.807, 2.05) is 0 Å². The summed E-state index contributed by atoms with van der Waals surface area (Å²) >= 11 is 0. The molecule has 1 aliphatic rings. The fourth-order valence-corrected chi connectivity index (χ4v) is 3.90. The highest BCUT2D eigenvalue weighted by Crippen LogP contribution is 2.30. The van der Waals surface area contributed by atoms with E-state index in [1.54, 1.807) is 7.05 Å². The van der Waals surface area contributed by atoms with Gasteiger partial charge in [-0.3, -0.25) is 10.1 Å². The molecule has 2 N–H and O–H groups in total. The van der Waals surface area contributed by atoms with Crippen LogP contribution in [0, 0.1) is 10.1 Å². The van der Waals surface area contributed by atoms with Gasteiger partial charge in [-0.15, -0.1) is 0 Å². The van der Waals surface area contributed by atoms with E-state index in [2.05, 4.69) is 5.32 Å². The number of benzene rings is 1. The van der Waals surface area contributed by atoms with Gasteiger partial charge >= 0.3 is 0 Å². The van der Waals surface area contributed by atoms with Crippen LogP contribution < -0.4 is 5.32 Å². The molecule has 0 aromatic heterocycles. The first kappa shape index (κ1) is 15.7. The van der Waals surface area contributed by atoms with Gasteiger partial charge in [-0.2, -0.15) is 4.31 Å². The number of piperidine rings is 1. The maximum Gasteiger partial charge on any atom is 0.289 e. The van der Waals surface area contributed by atoms with Crippen LogP contribution in [0.2, 0.25) is 0 Å². The lowest BCUT2D eigenvalue weighted by molar-refractivity contribution is -0.387. The number of nitro groups is 1. The number of hydrogen-bond donors (Lipinski definition) is 2. The predicted molar refractivity (Wildman–Crippen MR) is 76.6 cm³/mol. The molecule has 1 fully saturated rings. The maximum absolute atomic E-state index is 12.6. The minimum Gasteiger partial charge on any atom is -0.393 e. The Morgan fingerprint density at radius 3 is 2.52 bits per heavy atom. The van der Waals surface area contributed by atoms with E-state index in [0.29, 0.717) is 18.5 Å². The van der Waals surface area contributed by atoms with Crippen molar-refractivity contribution < 1.29 is 18.4 Å². The van der Waals surface area contributed by atoms with Crippen molar-refractivity contribution in [1.82, 2.24) is 4.31 Å². The SMILES string of the molecule is CNc1ccc([N+](=O)[O-])c(S(=O)(=O)N2CCC(O)CC2)c1. The zero-order valence-electron chi connectivity index (χ0n) is 11.5. The molecule has 1 aromatic carbocycles. The lowest BCUT2D eigenvalue weighted by atomic mass is 10.1. The topological polar surface area (TPSA) is 113 Å². The fourth-order valence-electron chi connectivity index (χ4n) is 2.25. The second-order valence-corrected chi connectivity index (χ2v) is 6.73. The second-order valence-electron chi connectivity index (χ2n) is 4.82. The maximum atomic E-state index is 12.6. The minimum atomic E-state index is -3.95. The largest absolute Gasteiger partial charge is 0.393 e. The van der Waals surface area contributed by atoms with Crippen LogP contribution >= 0.6 is 0 Å². The molecule has 0 unspecified atom stereocenters. The molecule has 1 heterocycles. The highest BCUT2D eigenvalue weighted by Gasteiger charge is 2.34. The van der Waals surface area contributed by atoms with Crippen molar-refractivity contribution in [3.05, 3.63) is 28.3 Å². The van der Waals surface area contributed by atoms with E-state index in [-0.39, 0.29) is 18.0 Å². The molecular formula is C12H17N3O5S. The smallest absolute Gasteiger partial charge is 0.289 e. The summed E-state index contributed by atoms with van der Waals surface area (Å²) in [4.78, 5) is 10.0. The van der Waals surface area contributed by atoms with Crippen molar-refractivity contribution in [2.75, 3.05) is 25.5 Å². The molecule has 8 nitrogen and oxygen atoms in total. The number of hydrogen-bond acceptors (Lipinski definition) is 6. The number of sulfonamides is 1. The van der Waals surface area contributed by atoms with Crippen molar-refractivity contribution in [2.24, 2.45) is 0 Å². The third kappa shape index (κ3) is 3.14. The lowest BCUT2D eigenvalue weighted by Gasteiger charge is -2.28. The molecule has 0 saturated carbocycles. The predicted octanol–water partition coefficient (Wildman–Crippen LogP) is 0.782. The standard InChI is InChI=1S/C12H17N3O5S/c1-13-9-2-3-11(15(17)18)12(8-9)21(19,20)14-6-4-10(16)5-7-14/h2-3,8,10,13,16H,4-7H2,1H3. The summed E-state index contributed by atoms with van der Waals surface area (Å²) in [5, 5.41) is 23.3.